The first-order chi connectivity index (χ1) is 10.1. The van der Waals surface area contributed by atoms with Crippen molar-refractivity contribution in [3.05, 3.63) is 41.6 Å². The molecule has 1 atom stereocenters. The van der Waals surface area contributed by atoms with Crippen molar-refractivity contribution in [3.63, 3.8) is 0 Å². The van der Waals surface area contributed by atoms with Crippen LogP contribution in [0.1, 0.15) is 25.1 Å². The quantitative estimate of drug-likeness (QED) is 0.938. The second kappa shape index (κ2) is 6.12. The lowest BCUT2D eigenvalue weighted by Gasteiger charge is -2.36. The number of fused-ring (bicyclic) bond motifs is 1. The Morgan fingerprint density at radius 3 is 2.95 bits per heavy atom. The van der Waals surface area contributed by atoms with E-state index in [9.17, 15) is 0 Å². The van der Waals surface area contributed by atoms with Crippen LogP contribution in [0.3, 0.4) is 0 Å². The Bertz CT molecular complexity index is 621. The van der Waals surface area contributed by atoms with Crippen molar-refractivity contribution >= 4 is 10.9 Å². The summed E-state index contributed by atoms with van der Waals surface area (Å²) in [5.41, 5.74) is 3.63. The van der Waals surface area contributed by atoms with Crippen LogP contribution < -0.4 is 5.32 Å². The van der Waals surface area contributed by atoms with Gasteiger partial charge < -0.3 is 5.32 Å². The summed E-state index contributed by atoms with van der Waals surface area (Å²) >= 11 is 0. The van der Waals surface area contributed by atoms with Crippen LogP contribution in [-0.4, -0.2) is 35.6 Å². The molecule has 0 saturated carbocycles. The third-order valence-corrected chi connectivity index (χ3v) is 4.42. The number of hydrogen-bond donors (Lipinski definition) is 1. The standard InChI is InChI=1S/C18H25N3/c1-13(2)18-12-21(9-8-19-18)11-15-10-14(3)20-17-7-5-4-6-16(15)17/h4-7,10,13,18-19H,8-9,11-12H2,1-3H3. The zero-order chi connectivity index (χ0) is 14.8. The van der Waals surface area contributed by atoms with Gasteiger partial charge >= 0.3 is 0 Å². The van der Waals surface area contributed by atoms with Gasteiger partial charge in [0.1, 0.15) is 0 Å². The van der Waals surface area contributed by atoms with Crippen molar-refractivity contribution < 1.29 is 0 Å². The summed E-state index contributed by atoms with van der Waals surface area (Å²) in [6, 6.07) is 11.3. The maximum absolute atomic E-state index is 4.64. The number of nitrogens with one attached hydrogen (secondary N) is 1. The zero-order valence-corrected chi connectivity index (χ0v) is 13.3. The van der Waals surface area contributed by atoms with Gasteiger partial charge in [0.05, 0.1) is 5.52 Å². The Hall–Kier alpha value is -1.45. The second-order valence-electron chi connectivity index (χ2n) is 6.48. The first kappa shape index (κ1) is 14.5. The maximum Gasteiger partial charge on any atom is 0.0708 e. The van der Waals surface area contributed by atoms with Crippen molar-refractivity contribution in [2.45, 2.75) is 33.4 Å². The van der Waals surface area contributed by atoms with Crippen LogP contribution in [0.5, 0.6) is 0 Å². The Balaban J connectivity index is 1.84. The molecule has 0 spiro atoms. The van der Waals surface area contributed by atoms with Crippen molar-refractivity contribution in [2.24, 2.45) is 5.92 Å². The summed E-state index contributed by atoms with van der Waals surface area (Å²) < 4.78 is 0. The van der Waals surface area contributed by atoms with Crippen molar-refractivity contribution in [3.8, 4) is 0 Å². The molecule has 1 saturated heterocycles. The minimum absolute atomic E-state index is 0.605. The molecule has 3 nitrogen and oxygen atoms in total. The van der Waals surface area contributed by atoms with Gasteiger partial charge in [-0.15, -0.1) is 0 Å². The molecule has 1 N–H and O–H groups in total. The Morgan fingerprint density at radius 2 is 2.14 bits per heavy atom. The monoisotopic (exact) mass is 283 g/mol. The molecule has 0 aliphatic carbocycles. The van der Waals surface area contributed by atoms with E-state index in [0.717, 1.165) is 37.4 Å². The van der Waals surface area contributed by atoms with E-state index in [2.05, 4.69) is 66.3 Å². The van der Waals surface area contributed by atoms with Crippen LogP contribution in [0.15, 0.2) is 30.3 Å². The van der Waals surface area contributed by atoms with Gasteiger partial charge in [-0.2, -0.15) is 0 Å². The zero-order valence-electron chi connectivity index (χ0n) is 13.3. The molecule has 1 aliphatic heterocycles. The Kier molecular flexibility index (Phi) is 4.22. The lowest BCUT2D eigenvalue weighted by atomic mass is 10.0. The predicted molar refractivity (Wildman–Crippen MR) is 88.4 cm³/mol. The molecule has 112 valence electrons. The summed E-state index contributed by atoms with van der Waals surface area (Å²) in [6.07, 6.45) is 0. The van der Waals surface area contributed by atoms with Crippen molar-refractivity contribution in [1.82, 2.24) is 15.2 Å². The number of hydrogen-bond acceptors (Lipinski definition) is 3. The van der Waals surface area contributed by atoms with Crippen LogP contribution in [0.4, 0.5) is 0 Å². The average molecular weight is 283 g/mol. The minimum atomic E-state index is 0.605. The summed E-state index contributed by atoms with van der Waals surface area (Å²) in [5, 5.41) is 4.92. The van der Waals surface area contributed by atoms with Gasteiger partial charge in [-0.25, -0.2) is 0 Å². The molecule has 21 heavy (non-hydrogen) atoms. The molecule has 0 bridgehead atoms. The van der Waals surface area contributed by atoms with Gasteiger partial charge in [-0.3, -0.25) is 9.88 Å². The minimum Gasteiger partial charge on any atom is -0.311 e. The lowest BCUT2D eigenvalue weighted by molar-refractivity contribution is 0.169. The van der Waals surface area contributed by atoms with Gasteiger partial charge in [0.25, 0.3) is 0 Å². The summed E-state index contributed by atoms with van der Waals surface area (Å²) in [7, 11) is 0. The molecule has 3 heteroatoms. The SMILES string of the molecule is Cc1cc(CN2CCNC(C(C)C)C2)c2ccccc2n1. The van der Waals surface area contributed by atoms with Gasteiger partial charge in [-0.05, 0) is 30.5 Å². The number of aryl methyl sites for hydroxylation is 1. The third kappa shape index (κ3) is 3.25. The number of piperazine rings is 1. The highest BCUT2D eigenvalue weighted by molar-refractivity contribution is 5.82. The molecule has 1 fully saturated rings. The summed E-state index contributed by atoms with van der Waals surface area (Å²) in [4.78, 5) is 7.21. The number of nitrogens with zero attached hydrogens (tertiary/aromatic N) is 2. The van der Waals surface area contributed by atoms with E-state index in [4.69, 9.17) is 0 Å². The molecule has 2 heterocycles. The first-order valence-electron chi connectivity index (χ1n) is 7.94. The Labute approximate surface area is 127 Å². The second-order valence-corrected chi connectivity index (χ2v) is 6.48. The van der Waals surface area contributed by atoms with E-state index in [1.807, 2.05) is 0 Å². The maximum atomic E-state index is 4.64. The summed E-state index contributed by atoms with van der Waals surface area (Å²) in [5.74, 6) is 0.684. The fourth-order valence-corrected chi connectivity index (χ4v) is 3.20. The molecule has 2 aromatic rings. The molecule has 1 unspecified atom stereocenters. The van der Waals surface area contributed by atoms with Crippen LogP contribution in [0.25, 0.3) is 10.9 Å². The predicted octanol–water partition coefficient (Wildman–Crippen LogP) is 2.97. The molecule has 0 radical (unpaired) electrons. The number of rotatable bonds is 3. The Morgan fingerprint density at radius 1 is 1.33 bits per heavy atom. The number of pyridine rings is 1. The summed E-state index contributed by atoms with van der Waals surface area (Å²) in [6.45, 7) is 11.1. The molecule has 1 aliphatic rings. The fourth-order valence-electron chi connectivity index (χ4n) is 3.20. The van der Waals surface area contributed by atoms with E-state index in [-0.39, 0.29) is 0 Å². The molecule has 3 rings (SSSR count). The number of aromatic nitrogens is 1. The smallest absolute Gasteiger partial charge is 0.0708 e. The van der Waals surface area contributed by atoms with E-state index < -0.39 is 0 Å². The van der Waals surface area contributed by atoms with Crippen LogP contribution in [0.2, 0.25) is 0 Å². The molecule has 1 aromatic carbocycles. The molecule has 0 amide bonds. The van der Waals surface area contributed by atoms with E-state index >= 15 is 0 Å². The average Bonchev–Trinajstić information content (AvgIpc) is 2.47. The first-order valence-corrected chi connectivity index (χ1v) is 7.94. The highest BCUT2D eigenvalue weighted by Crippen LogP contribution is 2.21. The fraction of sp³-hybridized carbons (Fsp3) is 0.500. The highest BCUT2D eigenvalue weighted by Gasteiger charge is 2.22. The largest absolute Gasteiger partial charge is 0.311 e. The van der Waals surface area contributed by atoms with E-state index in [1.54, 1.807) is 0 Å². The van der Waals surface area contributed by atoms with Crippen molar-refractivity contribution in [2.75, 3.05) is 19.6 Å². The van der Waals surface area contributed by atoms with Crippen LogP contribution in [-0.2, 0) is 6.54 Å². The third-order valence-electron chi connectivity index (χ3n) is 4.42. The van der Waals surface area contributed by atoms with Gasteiger partial charge in [0.15, 0.2) is 0 Å². The van der Waals surface area contributed by atoms with Gasteiger partial charge in [0.2, 0.25) is 0 Å². The van der Waals surface area contributed by atoms with Gasteiger partial charge in [0, 0.05) is 43.3 Å². The van der Waals surface area contributed by atoms with Gasteiger partial charge in [-0.1, -0.05) is 32.0 Å². The highest BCUT2D eigenvalue weighted by atomic mass is 15.2. The van der Waals surface area contributed by atoms with Crippen molar-refractivity contribution in [1.29, 1.82) is 0 Å². The molecular weight excluding hydrogens is 258 g/mol. The molecular formula is C18H25N3. The number of benzene rings is 1. The van der Waals surface area contributed by atoms with E-state index in [0.29, 0.717) is 12.0 Å². The van der Waals surface area contributed by atoms with E-state index in [1.165, 1.54) is 10.9 Å². The normalized spacial score (nSPS) is 20.3. The number of para-hydroxylation sites is 1. The molecule has 1 aromatic heterocycles. The van der Waals surface area contributed by atoms with Crippen LogP contribution >= 0.6 is 0 Å². The lowest BCUT2D eigenvalue weighted by Crippen LogP contribution is -2.52. The van der Waals surface area contributed by atoms with Crippen LogP contribution in [0, 0.1) is 12.8 Å². The topological polar surface area (TPSA) is 28.2 Å².